The van der Waals surface area contributed by atoms with Crippen molar-refractivity contribution >= 4 is 6.01 Å². The maximum atomic E-state index is 12.3. The molecule has 2 N–H and O–H groups in total. The molecule has 0 bridgehead atoms. The summed E-state index contributed by atoms with van der Waals surface area (Å²) in [4.78, 5) is 3.65. The van der Waals surface area contributed by atoms with Crippen LogP contribution in [0.15, 0.2) is 34.9 Å². The molecule has 0 spiro atoms. The van der Waals surface area contributed by atoms with Gasteiger partial charge in [-0.05, 0) is 12.1 Å². The highest BCUT2D eigenvalue weighted by molar-refractivity contribution is 5.57. The highest BCUT2D eigenvalue weighted by atomic mass is 19.4. The first kappa shape index (κ1) is 10.5. The molecular weight excluding hydrogens is 221 g/mol. The number of rotatable bonds is 1. The minimum absolute atomic E-state index is 0.0186. The second kappa shape index (κ2) is 3.55. The molecule has 1 aromatic carbocycles. The van der Waals surface area contributed by atoms with E-state index in [1.54, 1.807) is 0 Å². The molecule has 3 nitrogen and oxygen atoms in total. The molecule has 0 saturated heterocycles. The lowest BCUT2D eigenvalue weighted by atomic mass is 10.1. The van der Waals surface area contributed by atoms with Crippen molar-refractivity contribution in [3.05, 3.63) is 36.0 Å². The first-order chi connectivity index (χ1) is 7.47. The van der Waals surface area contributed by atoms with E-state index in [0.717, 1.165) is 12.1 Å². The second-order valence-corrected chi connectivity index (χ2v) is 3.14. The molecule has 0 fully saturated rings. The van der Waals surface area contributed by atoms with Crippen molar-refractivity contribution in [3.8, 4) is 11.3 Å². The van der Waals surface area contributed by atoms with Crippen molar-refractivity contribution in [2.75, 3.05) is 5.73 Å². The Morgan fingerprint density at radius 2 is 1.75 bits per heavy atom. The normalized spacial score (nSPS) is 11.7. The van der Waals surface area contributed by atoms with Gasteiger partial charge in [0.25, 0.3) is 6.01 Å². The summed E-state index contributed by atoms with van der Waals surface area (Å²) in [7, 11) is 0. The van der Waals surface area contributed by atoms with Crippen LogP contribution in [0.25, 0.3) is 11.3 Å². The number of alkyl halides is 3. The largest absolute Gasteiger partial charge is 0.424 e. The van der Waals surface area contributed by atoms with E-state index in [9.17, 15) is 13.2 Å². The van der Waals surface area contributed by atoms with Crippen LogP contribution in [0.5, 0.6) is 0 Å². The topological polar surface area (TPSA) is 52.0 Å². The number of nitrogen functional groups attached to an aromatic ring is 1. The number of hydrogen-bond acceptors (Lipinski definition) is 3. The van der Waals surface area contributed by atoms with Crippen LogP contribution in [0.4, 0.5) is 19.2 Å². The Labute approximate surface area is 88.7 Å². The Morgan fingerprint density at radius 1 is 1.12 bits per heavy atom. The Kier molecular flexibility index (Phi) is 2.34. The fraction of sp³-hybridized carbons (Fsp3) is 0.100. The zero-order valence-corrected chi connectivity index (χ0v) is 7.95. The van der Waals surface area contributed by atoms with Crippen LogP contribution in [0.3, 0.4) is 0 Å². The molecule has 0 amide bonds. The smallest absolute Gasteiger partial charge is 0.416 e. The van der Waals surface area contributed by atoms with Crippen molar-refractivity contribution in [2.24, 2.45) is 0 Å². The molecule has 0 unspecified atom stereocenters. The predicted octanol–water partition coefficient (Wildman–Crippen LogP) is 2.94. The van der Waals surface area contributed by atoms with Crippen molar-refractivity contribution in [1.29, 1.82) is 0 Å². The minimum atomic E-state index is -4.33. The molecule has 0 saturated carbocycles. The van der Waals surface area contributed by atoms with Crippen LogP contribution in [-0.4, -0.2) is 4.98 Å². The average Bonchev–Trinajstić information content (AvgIpc) is 2.64. The van der Waals surface area contributed by atoms with Crippen LogP contribution in [0.2, 0.25) is 0 Å². The number of nitrogens with zero attached hydrogens (tertiary/aromatic N) is 1. The van der Waals surface area contributed by atoms with E-state index >= 15 is 0 Å². The predicted molar refractivity (Wildman–Crippen MR) is 51.4 cm³/mol. The molecule has 1 aromatic heterocycles. The lowest BCUT2D eigenvalue weighted by Gasteiger charge is -2.06. The fourth-order valence-corrected chi connectivity index (χ4v) is 1.24. The van der Waals surface area contributed by atoms with Crippen LogP contribution in [0, 0.1) is 0 Å². The quantitative estimate of drug-likeness (QED) is 0.816. The summed E-state index contributed by atoms with van der Waals surface area (Å²) in [5, 5.41) is 0. The van der Waals surface area contributed by atoms with E-state index in [1.165, 1.54) is 18.3 Å². The summed E-state index contributed by atoms with van der Waals surface area (Å²) >= 11 is 0. The molecule has 2 rings (SSSR count). The molecule has 2 aromatic rings. The van der Waals surface area contributed by atoms with Gasteiger partial charge in [-0.1, -0.05) is 12.1 Å². The third kappa shape index (κ3) is 2.00. The number of aromatic nitrogens is 1. The summed E-state index contributed by atoms with van der Waals surface area (Å²) in [6, 6.07) is 4.56. The second-order valence-electron chi connectivity index (χ2n) is 3.14. The zero-order valence-electron chi connectivity index (χ0n) is 7.95. The maximum Gasteiger partial charge on any atom is 0.416 e. The van der Waals surface area contributed by atoms with E-state index in [0.29, 0.717) is 11.3 Å². The molecule has 6 heteroatoms. The van der Waals surface area contributed by atoms with Gasteiger partial charge in [0.2, 0.25) is 0 Å². The van der Waals surface area contributed by atoms with Gasteiger partial charge in [0.15, 0.2) is 5.76 Å². The number of anilines is 1. The summed E-state index contributed by atoms with van der Waals surface area (Å²) in [6.07, 6.45) is -2.98. The Hall–Kier alpha value is -1.98. The van der Waals surface area contributed by atoms with Crippen molar-refractivity contribution in [3.63, 3.8) is 0 Å². The summed E-state index contributed by atoms with van der Waals surface area (Å²) in [6.45, 7) is 0. The van der Waals surface area contributed by atoms with Gasteiger partial charge in [-0.3, -0.25) is 0 Å². The van der Waals surface area contributed by atoms with Crippen molar-refractivity contribution in [1.82, 2.24) is 4.98 Å². The third-order valence-corrected chi connectivity index (χ3v) is 2.02. The molecule has 0 aliphatic rings. The maximum absolute atomic E-state index is 12.3. The van der Waals surface area contributed by atoms with Crippen LogP contribution in [0.1, 0.15) is 5.56 Å². The Bertz CT molecular complexity index is 488. The van der Waals surface area contributed by atoms with Gasteiger partial charge in [-0.25, -0.2) is 4.98 Å². The van der Waals surface area contributed by atoms with Crippen molar-refractivity contribution in [2.45, 2.75) is 6.18 Å². The molecule has 0 radical (unpaired) electrons. The summed E-state index contributed by atoms with van der Waals surface area (Å²) < 4.78 is 41.8. The monoisotopic (exact) mass is 228 g/mol. The van der Waals surface area contributed by atoms with Gasteiger partial charge in [-0.15, -0.1) is 0 Å². The minimum Gasteiger partial charge on any atom is -0.424 e. The number of nitrogens with two attached hydrogens (primary N) is 1. The van der Waals surface area contributed by atoms with Gasteiger partial charge < -0.3 is 10.2 Å². The highest BCUT2D eigenvalue weighted by Gasteiger charge is 2.30. The van der Waals surface area contributed by atoms with E-state index in [-0.39, 0.29) is 6.01 Å². The molecule has 0 aliphatic carbocycles. The van der Waals surface area contributed by atoms with E-state index in [2.05, 4.69) is 4.98 Å². The zero-order chi connectivity index (χ0) is 11.8. The van der Waals surface area contributed by atoms with Crippen LogP contribution in [-0.2, 0) is 6.18 Å². The first-order valence-corrected chi connectivity index (χ1v) is 4.36. The SMILES string of the molecule is Nc1ncc(-c2ccc(C(F)(F)F)cc2)o1. The molecule has 84 valence electrons. The molecular formula is C10H7F3N2O. The lowest BCUT2D eigenvalue weighted by Crippen LogP contribution is -2.03. The molecule has 16 heavy (non-hydrogen) atoms. The first-order valence-electron chi connectivity index (χ1n) is 4.36. The summed E-state index contributed by atoms with van der Waals surface area (Å²) in [5.41, 5.74) is 5.05. The van der Waals surface area contributed by atoms with Gasteiger partial charge in [-0.2, -0.15) is 13.2 Å². The number of hydrogen-bond donors (Lipinski definition) is 1. The van der Waals surface area contributed by atoms with E-state index in [1.807, 2.05) is 0 Å². The van der Waals surface area contributed by atoms with Crippen molar-refractivity contribution < 1.29 is 17.6 Å². The Morgan fingerprint density at radius 3 is 2.19 bits per heavy atom. The lowest BCUT2D eigenvalue weighted by molar-refractivity contribution is -0.137. The van der Waals surface area contributed by atoms with Gasteiger partial charge >= 0.3 is 6.18 Å². The van der Waals surface area contributed by atoms with Gasteiger partial charge in [0.1, 0.15) is 0 Å². The van der Waals surface area contributed by atoms with Gasteiger partial charge in [0.05, 0.1) is 11.8 Å². The van der Waals surface area contributed by atoms with Gasteiger partial charge in [0, 0.05) is 5.56 Å². The number of benzene rings is 1. The molecule has 0 atom stereocenters. The molecule has 0 aliphatic heterocycles. The third-order valence-electron chi connectivity index (χ3n) is 2.02. The van der Waals surface area contributed by atoms with Crippen LogP contribution < -0.4 is 5.73 Å². The molecule has 1 heterocycles. The van der Waals surface area contributed by atoms with E-state index < -0.39 is 11.7 Å². The number of halogens is 3. The van der Waals surface area contributed by atoms with Crippen LogP contribution >= 0.6 is 0 Å². The number of oxazole rings is 1. The standard InChI is InChI=1S/C10H7F3N2O/c11-10(12,13)7-3-1-6(2-4-7)8-5-15-9(14)16-8/h1-5H,(H2,14,15). The fourth-order valence-electron chi connectivity index (χ4n) is 1.24. The summed E-state index contributed by atoms with van der Waals surface area (Å²) in [5.74, 6) is 0.339. The van der Waals surface area contributed by atoms with E-state index in [4.69, 9.17) is 10.2 Å². The highest BCUT2D eigenvalue weighted by Crippen LogP contribution is 2.31. The average molecular weight is 228 g/mol. The Balaban J connectivity index is 2.33.